The third-order valence-corrected chi connectivity index (χ3v) is 5.22. The van der Waals surface area contributed by atoms with Crippen LogP contribution in [0.15, 0.2) is 12.4 Å². The van der Waals surface area contributed by atoms with Crippen LogP contribution in [-0.4, -0.2) is 30.7 Å². The Morgan fingerprint density at radius 2 is 2.41 bits per heavy atom. The molecular formula is C15H14N4O2S. The molecule has 0 radical (unpaired) electrons. The monoisotopic (exact) mass is 314 g/mol. The van der Waals surface area contributed by atoms with Crippen LogP contribution in [-0.2, 0) is 17.6 Å². The summed E-state index contributed by atoms with van der Waals surface area (Å²) in [5, 5.41) is 14.1. The quantitative estimate of drug-likeness (QED) is 0.735. The van der Waals surface area contributed by atoms with Crippen molar-refractivity contribution in [3.8, 4) is 0 Å². The zero-order valence-electron chi connectivity index (χ0n) is 12.0. The summed E-state index contributed by atoms with van der Waals surface area (Å²) in [5.74, 6) is 0.0456. The van der Waals surface area contributed by atoms with Crippen molar-refractivity contribution in [1.82, 2.24) is 19.6 Å². The molecule has 3 heterocycles. The van der Waals surface area contributed by atoms with Gasteiger partial charge in [-0.05, 0) is 36.8 Å². The van der Waals surface area contributed by atoms with Crippen molar-refractivity contribution in [2.75, 3.05) is 0 Å². The van der Waals surface area contributed by atoms with Gasteiger partial charge in [-0.15, -0.1) is 16.4 Å². The van der Waals surface area contributed by atoms with Crippen LogP contribution in [0, 0.1) is 5.92 Å². The number of aliphatic carboxylic acids is 1. The third kappa shape index (κ3) is 2.09. The number of fused-ring (bicyclic) bond motifs is 5. The summed E-state index contributed by atoms with van der Waals surface area (Å²) in [5.41, 5.74) is 2.11. The van der Waals surface area contributed by atoms with Gasteiger partial charge >= 0.3 is 5.97 Å². The lowest BCUT2D eigenvalue weighted by Gasteiger charge is -2.17. The van der Waals surface area contributed by atoms with Gasteiger partial charge in [0.15, 0.2) is 11.5 Å². The van der Waals surface area contributed by atoms with Crippen molar-refractivity contribution in [3.05, 3.63) is 28.7 Å². The largest absolute Gasteiger partial charge is 0.478 e. The smallest absolute Gasteiger partial charge is 0.328 e. The zero-order chi connectivity index (χ0) is 15.3. The van der Waals surface area contributed by atoms with Gasteiger partial charge in [0, 0.05) is 11.0 Å². The lowest BCUT2D eigenvalue weighted by Crippen LogP contribution is -2.09. The van der Waals surface area contributed by atoms with E-state index in [0.717, 1.165) is 34.8 Å². The molecule has 6 nitrogen and oxygen atoms in total. The molecule has 3 aromatic rings. The fourth-order valence-corrected chi connectivity index (χ4v) is 4.16. The zero-order valence-corrected chi connectivity index (χ0v) is 12.8. The fraction of sp³-hybridized carbons (Fsp3) is 0.333. The minimum Gasteiger partial charge on any atom is -0.478 e. The van der Waals surface area contributed by atoms with Crippen LogP contribution >= 0.6 is 11.3 Å². The predicted octanol–water partition coefficient (Wildman–Crippen LogP) is 2.56. The summed E-state index contributed by atoms with van der Waals surface area (Å²) >= 11 is 1.74. The molecule has 112 valence electrons. The van der Waals surface area contributed by atoms with Crippen molar-refractivity contribution in [2.45, 2.75) is 26.2 Å². The van der Waals surface area contributed by atoms with Crippen LogP contribution in [0.1, 0.15) is 29.6 Å². The normalized spacial score (nSPS) is 18.3. The Morgan fingerprint density at radius 3 is 3.23 bits per heavy atom. The molecule has 0 aliphatic heterocycles. The van der Waals surface area contributed by atoms with E-state index in [4.69, 9.17) is 5.11 Å². The highest BCUT2D eigenvalue weighted by molar-refractivity contribution is 7.19. The van der Waals surface area contributed by atoms with Gasteiger partial charge in [0.1, 0.15) is 11.2 Å². The van der Waals surface area contributed by atoms with E-state index >= 15 is 0 Å². The second-order valence-corrected chi connectivity index (χ2v) is 6.77. The van der Waals surface area contributed by atoms with Crippen LogP contribution in [0.5, 0.6) is 0 Å². The number of aryl methyl sites for hydroxylation is 1. The molecule has 22 heavy (non-hydrogen) atoms. The fourth-order valence-electron chi connectivity index (χ4n) is 2.98. The van der Waals surface area contributed by atoms with Gasteiger partial charge in [-0.1, -0.05) is 6.92 Å². The Balaban J connectivity index is 1.94. The maximum atomic E-state index is 10.6. The molecule has 0 fully saturated rings. The number of carboxylic acids is 1. The average molecular weight is 314 g/mol. The van der Waals surface area contributed by atoms with E-state index in [2.05, 4.69) is 22.0 Å². The maximum absolute atomic E-state index is 10.6. The van der Waals surface area contributed by atoms with Crippen molar-refractivity contribution in [2.24, 2.45) is 5.92 Å². The van der Waals surface area contributed by atoms with Crippen LogP contribution in [0.4, 0.5) is 0 Å². The molecule has 1 aliphatic rings. The van der Waals surface area contributed by atoms with E-state index in [0.29, 0.717) is 11.7 Å². The van der Waals surface area contributed by atoms with E-state index in [-0.39, 0.29) is 0 Å². The lowest BCUT2D eigenvalue weighted by atomic mass is 9.89. The first-order valence-corrected chi connectivity index (χ1v) is 8.00. The van der Waals surface area contributed by atoms with E-state index < -0.39 is 5.97 Å². The van der Waals surface area contributed by atoms with Crippen LogP contribution in [0.3, 0.4) is 0 Å². The molecule has 7 heteroatoms. The SMILES string of the molecule is C[C@H]1CCc2sc3ncn4nc(/C=C\C(=O)O)nc4c3c2C1. The number of thiophene rings is 1. The van der Waals surface area contributed by atoms with Crippen molar-refractivity contribution >= 4 is 39.2 Å². The average Bonchev–Trinajstić information content (AvgIpc) is 3.04. The predicted molar refractivity (Wildman–Crippen MR) is 84.0 cm³/mol. The third-order valence-electron chi connectivity index (χ3n) is 4.02. The lowest BCUT2D eigenvalue weighted by molar-refractivity contribution is -0.131. The summed E-state index contributed by atoms with van der Waals surface area (Å²) in [4.78, 5) is 22.0. The van der Waals surface area contributed by atoms with E-state index in [1.54, 1.807) is 22.2 Å². The highest BCUT2D eigenvalue weighted by Crippen LogP contribution is 2.38. The molecular weight excluding hydrogens is 300 g/mol. The van der Waals surface area contributed by atoms with Crippen molar-refractivity contribution in [3.63, 3.8) is 0 Å². The van der Waals surface area contributed by atoms with E-state index in [1.165, 1.54) is 22.9 Å². The molecule has 3 aromatic heterocycles. The maximum Gasteiger partial charge on any atom is 0.328 e. The Morgan fingerprint density at radius 1 is 1.55 bits per heavy atom. The molecule has 0 unspecified atom stereocenters. The summed E-state index contributed by atoms with van der Waals surface area (Å²) < 4.78 is 1.64. The molecule has 4 rings (SSSR count). The molecule has 1 N–H and O–H groups in total. The number of nitrogens with zero attached hydrogens (tertiary/aromatic N) is 4. The Hall–Kier alpha value is -2.28. The molecule has 0 amide bonds. The summed E-state index contributed by atoms with van der Waals surface area (Å²) in [7, 11) is 0. The highest BCUT2D eigenvalue weighted by atomic mass is 32.1. The molecule has 0 spiro atoms. The second kappa shape index (κ2) is 4.88. The Labute approximate surface area is 130 Å². The van der Waals surface area contributed by atoms with Crippen molar-refractivity contribution in [1.29, 1.82) is 0 Å². The minimum atomic E-state index is -1.01. The molecule has 0 saturated carbocycles. The summed E-state index contributed by atoms with van der Waals surface area (Å²) in [6.07, 6.45) is 7.46. The second-order valence-electron chi connectivity index (χ2n) is 5.69. The Kier molecular flexibility index (Phi) is 2.97. The highest BCUT2D eigenvalue weighted by Gasteiger charge is 2.23. The Bertz CT molecular complexity index is 925. The number of aromatic nitrogens is 4. The van der Waals surface area contributed by atoms with Gasteiger partial charge in [0.2, 0.25) is 0 Å². The van der Waals surface area contributed by atoms with E-state index in [1.807, 2.05) is 0 Å². The van der Waals surface area contributed by atoms with Gasteiger partial charge in [-0.3, -0.25) is 0 Å². The topological polar surface area (TPSA) is 80.4 Å². The molecule has 0 aromatic carbocycles. The van der Waals surface area contributed by atoms with Gasteiger partial charge in [-0.25, -0.2) is 19.3 Å². The van der Waals surface area contributed by atoms with E-state index in [9.17, 15) is 4.79 Å². The van der Waals surface area contributed by atoms with Crippen molar-refractivity contribution < 1.29 is 9.90 Å². The van der Waals surface area contributed by atoms with Crippen LogP contribution in [0.2, 0.25) is 0 Å². The first-order valence-electron chi connectivity index (χ1n) is 7.18. The molecule has 1 atom stereocenters. The molecule has 0 saturated heterocycles. The number of hydrogen-bond donors (Lipinski definition) is 1. The standard InChI is InChI=1S/C15H14N4O2S/c1-8-2-3-10-9(6-8)13-14-17-11(4-5-12(20)21)18-19(14)7-16-15(13)22-10/h4-5,7-8H,2-3,6H2,1H3,(H,20,21)/b5-4-/t8-/m0/s1. The number of rotatable bonds is 2. The van der Waals surface area contributed by atoms with Gasteiger partial charge in [-0.2, -0.15) is 0 Å². The van der Waals surface area contributed by atoms with Gasteiger partial charge in [0.25, 0.3) is 0 Å². The van der Waals surface area contributed by atoms with Gasteiger partial charge in [0.05, 0.1) is 5.39 Å². The minimum absolute atomic E-state index is 0.389. The van der Waals surface area contributed by atoms with Gasteiger partial charge < -0.3 is 5.11 Å². The summed E-state index contributed by atoms with van der Waals surface area (Å²) in [6, 6.07) is 0. The first kappa shape index (κ1) is 13.4. The van der Waals surface area contributed by atoms with Crippen LogP contribution in [0.25, 0.3) is 21.9 Å². The number of carboxylic acid groups (broad SMARTS) is 1. The number of carbonyl (C=O) groups is 1. The molecule has 1 aliphatic carbocycles. The van der Waals surface area contributed by atoms with Crippen LogP contribution < -0.4 is 0 Å². The molecule has 0 bridgehead atoms. The summed E-state index contributed by atoms with van der Waals surface area (Å²) in [6.45, 7) is 2.27. The number of hydrogen-bond acceptors (Lipinski definition) is 5. The first-order chi connectivity index (χ1) is 10.6.